The van der Waals surface area contributed by atoms with E-state index in [1.165, 1.54) is 0 Å². The van der Waals surface area contributed by atoms with E-state index in [2.05, 4.69) is 15.3 Å². The average molecular weight is 358 g/mol. The van der Waals surface area contributed by atoms with Crippen LogP contribution in [0.4, 0.5) is 0 Å². The topological polar surface area (TPSA) is 91.0 Å². The van der Waals surface area contributed by atoms with E-state index in [0.29, 0.717) is 42.7 Å². The van der Waals surface area contributed by atoms with E-state index >= 15 is 0 Å². The van der Waals surface area contributed by atoms with Gasteiger partial charge in [0.05, 0.1) is 21.3 Å². The number of ether oxygens (including phenoxy) is 3. The highest BCUT2D eigenvalue weighted by Gasteiger charge is 2.15. The van der Waals surface area contributed by atoms with Crippen LogP contribution in [0.5, 0.6) is 17.2 Å². The predicted molar refractivity (Wildman–Crippen MR) is 102 cm³/mol. The largest absolute Gasteiger partial charge is 0.493 e. The van der Waals surface area contributed by atoms with Crippen LogP contribution in [-0.4, -0.2) is 45.4 Å². The summed E-state index contributed by atoms with van der Waals surface area (Å²) in [5.74, 6) is 2.31. The monoisotopic (exact) mass is 358 g/mol. The van der Waals surface area contributed by atoms with Gasteiger partial charge in [-0.1, -0.05) is 12.1 Å². The minimum Gasteiger partial charge on any atom is -0.493 e. The Morgan fingerprint density at radius 1 is 1.04 bits per heavy atom. The summed E-state index contributed by atoms with van der Waals surface area (Å²) in [6.07, 6.45) is 3.24. The minimum absolute atomic E-state index is 0.417. The second-order valence-corrected chi connectivity index (χ2v) is 5.51. The number of methoxy groups -OCH3 is 3. The van der Waals surface area contributed by atoms with Crippen molar-refractivity contribution in [1.82, 2.24) is 10.3 Å². The lowest BCUT2D eigenvalue weighted by Gasteiger charge is -2.16. The van der Waals surface area contributed by atoms with Crippen molar-refractivity contribution in [3.05, 3.63) is 47.8 Å². The van der Waals surface area contributed by atoms with Crippen LogP contribution in [0, 0.1) is 0 Å². The summed E-state index contributed by atoms with van der Waals surface area (Å²) in [5.41, 5.74) is 7.92. The Hall–Kier alpha value is -2.96. The zero-order valence-corrected chi connectivity index (χ0v) is 15.5. The van der Waals surface area contributed by atoms with Gasteiger partial charge >= 0.3 is 0 Å². The van der Waals surface area contributed by atoms with E-state index in [4.69, 9.17) is 19.9 Å². The molecule has 0 fully saturated rings. The van der Waals surface area contributed by atoms with Crippen LogP contribution in [0.3, 0.4) is 0 Å². The molecular weight excluding hydrogens is 332 g/mol. The van der Waals surface area contributed by atoms with Crippen molar-refractivity contribution >= 4 is 5.96 Å². The normalized spacial score (nSPS) is 11.1. The Labute approximate surface area is 154 Å². The number of nitrogens with one attached hydrogen (secondary N) is 1. The lowest BCUT2D eigenvalue weighted by molar-refractivity contribution is 0.322. The molecule has 0 atom stereocenters. The van der Waals surface area contributed by atoms with Crippen LogP contribution in [0.25, 0.3) is 0 Å². The van der Waals surface area contributed by atoms with Crippen LogP contribution in [0.2, 0.25) is 0 Å². The van der Waals surface area contributed by atoms with Crippen molar-refractivity contribution in [2.45, 2.75) is 12.8 Å². The molecule has 0 saturated heterocycles. The smallest absolute Gasteiger partial charge is 0.203 e. The van der Waals surface area contributed by atoms with Gasteiger partial charge in [-0.15, -0.1) is 0 Å². The molecule has 26 heavy (non-hydrogen) atoms. The standard InChI is InChI=1S/C19H26N4O3/c1-24-16-8-7-14(17(25-2)18(16)26-3)9-12-22-19(20)23-13-10-15-6-4-5-11-21-15/h4-8,11H,9-10,12-13H2,1-3H3,(H3,20,22,23). The van der Waals surface area contributed by atoms with E-state index in [0.717, 1.165) is 17.7 Å². The molecule has 2 aromatic rings. The summed E-state index contributed by atoms with van der Waals surface area (Å²) in [6.45, 7) is 1.22. The highest BCUT2D eigenvalue weighted by Crippen LogP contribution is 2.39. The third kappa shape index (κ3) is 5.27. The summed E-state index contributed by atoms with van der Waals surface area (Å²) in [7, 11) is 4.80. The summed E-state index contributed by atoms with van der Waals surface area (Å²) < 4.78 is 16.2. The summed E-state index contributed by atoms with van der Waals surface area (Å²) >= 11 is 0. The maximum atomic E-state index is 5.92. The van der Waals surface area contributed by atoms with Crippen LogP contribution in [0.15, 0.2) is 41.5 Å². The molecule has 7 heteroatoms. The number of pyridine rings is 1. The molecule has 0 spiro atoms. The van der Waals surface area contributed by atoms with Crippen LogP contribution in [0.1, 0.15) is 11.3 Å². The third-order valence-electron chi connectivity index (χ3n) is 3.86. The first-order valence-electron chi connectivity index (χ1n) is 8.41. The first-order valence-corrected chi connectivity index (χ1v) is 8.41. The second kappa shape index (κ2) is 10.1. The van der Waals surface area contributed by atoms with Crippen LogP contribution in [-0.2, 0) is 12.8 Å². The number of nitrogens with two attached hydrogens (primary N) is 1. The van der Waals surface area contributed by atoms with Gasteiger partial charge in [-0.3, -0.25) is 9.98 Å². The van der Waals surface area contributed by atoms with Gasteiger partial charge in [-0.05, 0) is 24.6 Å². The van der Waals surface area contributed by atoms with Gasteiger partial charge in [-0.2, -0.15) is 0 Å². The van der Waals surface area contributed by atoms with Gasteiger partial charge in [0.25, 0.3) is 0 Å². The molecule has 0 bridgehead atoms. The zero-order chi connectivity index (χ0) is 18.8. The Kier molecular flexibility index (Phi) is 7.54. The number of guanidine groups is 1. The van der Waals surface area contributed by atoms with Crippen molar-refractivity contribution in [3.8, 4) is 17.2 Å². The van der Waals surface area contributed by atoms with Crippen LogP contribution >= 0.6 is 0 Å². The second-order valence-electron chi connectivity index (χ2n) is 5.51. The lowest BCUT2D eigenvalue weighted by Crippen LogP contribution is -2.33. The van der Waals surface area contributed by atoms with Crippen LogP contribution < -0.4 is 25.3 Å². The highest BCUT2D eigenvalue weighted by molar-refractivity contribution is 5.77. The van der Waals surface area contributed by atoms with Gasteiger partial charge < -0.3 is 25.3 Å². The number of aromatic nitrogens is 1. The molecule has 140 valence electrons. The number of aliphatic imine (C=N–C) groups is 1. The van der Waals surface area contributed by atoms with Gasteiger partial charge in [0.2, 0.25) is 5.75 Å². The zero-order valence-electron chi connectivity index (χ0n) is 15.5. The molecule has 0 amide bonds. The number of hydrogen-bond acceptors (Lipinski definition) is 5. The van der Waals surface area contributed by atoms with Gasteiger partial charge in [0, 0.05) is 37.0 Å². The predicted octanol–water partition coefficient (Wildman–Crippen LogP) is 1.80. The number of rotatable bonds is 9. The molecule has 3 N–H and O–H groups in total. The molecule has 0 saturated carbocycles. The van der Waals surface area contributed by atoms with Gasteiger partial charge in [-0.25, -0.2) is 0 Å². The van der Waals surface area contributed by atoms with Gasteiger partial charge in [0.1, 0.15) is 0 Å². The Balaban J connectivity index is 1.87. The molecule has 2 rings (SSSR count). The van der Waals surface area contributed by atoms with Gasteiger partial charge in [0.15, 0.2) is 17.5 Å². The van der Waals surface area contributed by atoms with Crippen molar-refractivity contribution in [3.63, 3.8) is 0 Å². The molecular formula is C19H26N4O3. The molecule has 1 aromatic heterocycles. The molecule has 7 nitrogen and oxygen atoms in total. The first kappa shape index (κ1) is 19.4. The van der Waals surface area contributed by atoms with E-state index in [-0.39, 0.29) is 0 Å². The molecule has 0 unspecified atom stereocenters. The Bertz CT molecular complexity index is 720. The highest BCUT2D eigenvalue weighted by atomic mass is 16.5. The summed E-state index contributed by atoms with van der Waals surface area (Å²) in [5, 5.41) is 3.11. The maximum Gasteiger partial charge on any atom is 0.203 e. The number of hydrogen-bond donors (Lipinski definition) is 2. The summed E-state index contributed by atoms with van der Waals surface area (Å²) in [6, 6.07) is 9.65. The van der Waals surface area contributed by atoms with Crippen molar-refractivity contribution in [1.29, 1.82) is 0 Å². The molecule has 0 aliphatic heterocycles. The molecule has 0 radical (unpaired) electrons. The molecule has 0 aliphatic rings. The quantitative estimate of drug-likeness (QED) is 0.525. The number of nitrogens with zero attached hydrogens (tertiary/aromatic N) is 2. The first-order chi connectivity index (χ1) is 12.7. The van der Waals surface area contributed by atoms with Crippen molar-refractivity contribution in [2.24, 2.45) is 10.7 Å². The van der Waals surface area contributed by atoms with E-state index in [1.54, 1.807) is 27.5 Å². The minimum atomic E-state index is 0.417. The Morgan fingerprint density at radius 2 is 1.85 bits per heavy atom. The van der Waals surface area contributed by atoms with Crippen molar-refractivity contribution < 1.29 is 14.2 Å². The van der Waals surface area contributed by atoms with E-state index in [1.807, 2.05) is 30.3 Å². The summed E-state index contributed by atoms with van der Waals surface area (Å²) in [4.78, 5) is 8.58. The molecule has 1 aromatic carbocycles. The fraction of sp³-hybridized carbons (Fsp3) is 0.368. The SMILES string of the molecule is COc1ccc(CCNC(N)=NCCc2ccccn2)c(OC)c1OC. The maximum absolute atomic E-state index is 5.92. The molecule has 0 aliphatic carbocycles. The fourth-order valence-electron chi connectivity index (χ4n) is 2.58. The van der Waals surface area contributed by atoms with E-state index < -0.39 is 0 Å². The lowest BCUT2D eigenvalue weighted by atomic mass is 10.1. The van der Waals surface area contributed by atoms with E-state index in [9.17, 15) is 0 Å². The number of benzene rings is 1. The van der Waals surface area contributed by atoms with Crippen molar-refractivity contribution in [2.75, 3.05) is 34.4 Å². The average Bonchev–Trinajstić information content (AvgIpc) is 2.68. The fourth-order valence-corrected chi connectivity index (χ4v) is 2.58. The molecule has 1 heterocycles. The Morgan fingerprint density at radius 3 is 2.50 bits per heavy atom. The third-order valence-corrected chi connectivity index (χ3v) is 3.86.